The second-order valence-corrected chi connectivity index (χ2v) is 4.78. The van der Waals surface area contributed by atoms with Crippen LogP contribution in [-0.2, 0) is 6.42 Å². The molecule has 1 aromatic heterocycles. The van der Waals surface area contributed by atoms with Gasteiger partial charge in [-0.25, -0.2) is 0 Å². The first-order valence-electron chi connectivity index (χ1n) is 4.40. The minimum Gasteiger partial charge on any atom is -0.149 e. The molecule has 0 saturated heterocycles. The van der Waals surface area contributed by atoms with Crippen molar-refractivity contribution in [3.8, 4) is 0 Å². The van der Waals surface area contributed by atoms with E-state index >= 15 is 0 Å². The normalized spacial score (nSPS) is 15.9. The van der Waals surface area contributed by atoms with Gasteiger partial charge in [0.15, 0.2) is 0 Å². The summed E-state index contributed by atoms with van der Waals surface area (Å²) in [6.07, 6.45) is 2.19. The summed E-state index contributed by atoms with van der Waals surface area (Å²) in [4.78, 5) is 1.40. The van der Waals surface area contributed by atoms with E-state index in [-0.39, 0.29) is 0 Å². The van der Waals surface area contributed by atoms with Gasteiger partial charge in [-0.2, -0.15) is 0 Å². The van der Waals surface area contributed by atoms with Gasteiger partial charge in [0.1, 0.15) is 0 Å². The summed E-state index contributed by atoms with van der Waals surface area (Å²) < 4.78 is 0. The van der Waals surface area contributed by atoms with E-state index < -0.39 is 0 Å². The summed E-state index contributed by atoms with van der Waals surface area (Å²) in [6, 6.07) is 4.24. The van der Waals surface area contributed by atoms with Crippen LogP contribution in [0, 0.1) is 5.92 Å². The Balaban J connectivity index is 2.41. The molecule has 0 fully saturated rings. The molecule has 2 atom stereocenters. The van der Waals surface area contributed by atoms with Crippen LogP contribution < -0.4 is 0 Å². The Morgan fingerprint density at radius 2 is 2.33 bits per heavy atom. The fourth-order valence-electron chi connectivity index (χ4n) is 1.08. The van der Waals surface area contributed by atoms with Crippen LogP contribution >= 0.6 is 22.9 Å². The van der Waals surface area contributed by atoms with Gasteiger partial charge in [-0.05, 0) is 23.8 Å². The molecule has 0 aliphatic rings. The summed E-state index contributed by atoms with van der Waals surface area (Å²) in [5.41, 5.74) is 0. The molecule has 0 saturated carbocycles. The van der Waals surface area contributed by atoms with Gasteiger partial charge in [0, 0.05) is 10.3 Å². The van der Waals surface area contributed by atoms with E-state index in [4.69, 9.17) is 11.6 Å². The Morgan fingerprint density at radius 1 is 1.58 bits per heavy atom. The van der Waals surface area contributed by atoms with E-state index in [1.54, 1.807) is 11.3 Å². The zero-order valence-electron chi connectivity index (χ0n) is 7.59. The van der Waals surface area contributed by atoms with Crippen LogP contribution in [0.1, 0.15) is 25.1 Å². The minimum atomic E-state index is 0.300. The van der Waals surface area contributed by atoms with Crippen molar-refractivity contribution in [1.82, 2.24) is 0 Å². The van der Waals surface area contributed by atoms with E-state index in [2.05, 4.69) is 31.4 Å². The van der Waals surface area contributed by atoms with Gasteiger partial charge in [0.05, 0.1) is 0 Å². The van der Waals surface area contributed by atoms with Crippen molar-refractivity contribution in [2.75, 3.05) is 0 Å². The van der Waals surface area contributed by atoms with Crippen LogP contribution in [0.3, 0.4) is 0 Å². The monoisotopic (exact) mass is 202 g/mol. The predicted molar refractivity (Wildman–Crippen MR) is 57.1 cm³/mol. The Bertz CT molecular complexity index is 206. The van der Waals surface area contributed by atoms with Gasteiger partial charge in [-0.1, -0.05) is 26.3 Å². The number of alkyl halides is 1. The number of rotatable bonds is 4. The van der Waals surface area contributed by atoms with Gasteiger partial charge in [-0.15, -0.1) is 22.9 Å². The highest BCUT2D eigenvalue weighted by Gasteiger charge is 2.13. The fourth-order valence-corrected chi connectivity index (χ4v) is 2.28. The summed E-state index contributed by atoms with van der Waals surface area (Å²) in [7, 11) is 0. The molecule has 0 radical (unpaired) electrons. The van der Waals surface area contributed by atoms with Gasteiger partial charge in [-0.3, -0.25) is 0 Å². The van der Waals surface area contributed by atoms with Gasteiger partial charge in [0.2, 0.25) is 0 Å². The molecule has 2 unspecified atom stereocenters. The zero-order valence-corrected chi connectivity index (χ0v) is 9.16. The topological polar surface area (TPSA) is 0 Å². The van der Waals surface area contributed by atoms with Gasteiger partial charge >= 0.3 is 0 Å². The Hall–Kier alpha value is -0.0100. The fraction of sp³-hybridized carbons (Fsp3) is 0.600. The van der Waals surface area contributed by atoms with E-state index in [1.165, 1.54) is 11.3 Å². The first-order valence-corrected chi connectivity index (χ1v) is 5.72. The zero-order chi connectivity index (χ0) is 8.97. The predicted octanol–water partition coefficient (Wildman–Crippen LogP) is 3.94. The number of thiophene rings is 1. The van der Waals surface area contributed by atoms with Crippen LogP contribution in [0.4, 0.5) is 0 Å². The molecule has 0 N–H and O–H groups in total. The molecule has 1 aromatic rings. The van der Waals surface area contributed by atoms with Crippen molar-refractivity contribution < 1.29 is 0 Å². The summed E-state index contributed by atoms with van der Waals surface area (Å²) >= 11 is 8.02. The molecule has 0 aromatic carbocycles. The van der Waals surface area contributed by atoms with E-state index in [9.17, 15) is 0 Å². The van der Waals surface area contributed by atoms with Crippen LogP contribution in [0.2, 0.25) is 0 Å². The first kappa shape index (κ1) is 10.1. The lowest BCUT2D eigenvalue weighted by Crippen LogP contribution is -2.12. The lowest BCUT2D eigenvalue weighted by molar-refractivity contribution is 0.527. The van der Waals surface area contributed by atoms with Crippen molar-refractivity contribution in [2.45, 2.75) is 32.1 Å². The SMILES string of the molecule is CCC(C)C(Cl)Cc1cccs1. The van der Waals surface area contributed by atoms with Gasteiger partial charge in [0.25, 0.3) is 0 Å². The molecular formula is C10H15ClS. The third-order valence-electron chi connectivity index (χ3n) is 2.24. The molecule has 0 nitrogen and oxygen atoms in total. The highest BCUT2D eigenvalue weighted by Crippen LogP contribution is 2.21. The molecule has 0 amide bonds. The van der Waals surface area contributed by atoms with E-state index in [1.807, 2.05) is 0 Å². The van der Waals surface area contributed by atoms with Crippen LogP contribution in [0.15, 0.2) is 17.5 Å². The van der Waals surface area contributed by atoms with E-state index in [0.717, 1.165) is 6.42 Å². The van der Waals surface area contributed by atoms with E-state index in [0.29, 0.717) is 11.3 Å². The maximum absolute atomic E-state index is 6.23. The third kappa shape index (κ3) is 2.80. The summed E-state index contributed by atoms with van der Waals surface area (Å²) in [5, 5.41) is 2.41. The molecule has 0 aliphatic heterocycles. The maximum Gasteiger partial charge on any atom is 0.0409 e. The quantitative estimate of drug-likeness (QED) is 0.649. The molecule has 2 heteroatoms. The molecule has 1 heterocycles. The Morgan fingerprint density at radius 3 is 2.83 bits per heavy atom. The smallest absolute Gasteiger partial charge is 0.0409 e. The average Bonchev–Trinajstić information content (AvgIpc) is 2.55. The van der Waals surface area contributed by atoms with Crippen LogP contribution in [0.5, 0.6) is 0 Å². The molecular weight excluding hydrogens is 188 g/mol. The highest BCUT2D eigenvalue weighted by atomic mass is 35.5. The van der Waals surface area contributed by atoms with Crippen molar-refractivity contribution >= 4 is 22.9 Å². The number of halogens is 1. The molecule has 0 aliphatic carbocycles. The van der Waals surface area contributed by atoms with Crippen molar-refractivity contribution in [3.63, 3.8) is 0 Å². The standard InChI is InChI=1S/C10H15ClS/c1-3-8(2)10(11)7-9-5-4-6-12-9/h4-6,8,10H,3,7H2,1-2H3. The molecule has 68 valence electrons. The maximum atomic E-state index is 6.23. The number of hydrogen-bond donors (Lipinski definition) is 0. The van der Waals surface area contributed by atoms with Crippen molar-refractivity contribution in [2.24, 2.45) is 5.92 Å². The lowest BCUT2D eigenvalue weighted by Gasteiger charge is -2.14. The van der Waals surface area contributed by atoms with Crippen molar-refractivity contribution in [3.05, 3.63) is 22.4 Å². The average molecular weight is 203 g/mol. The second-order valence-electron chi connectivity index (χ2n) is 3.19. The summed E-state index contributed by atoms with van der Waals surface area (Å²) in [5.74, 6) is 0.619. The first-order chi connectivity index (χ1) is 5.74. The molecule has 1 rings (SSSR count). The largest absolute Gasteiger partial charge is 0.149 e. The Kier molecular flexibility index (Phi) is 4.10. The van der Waals surface area contributed by atoms with Gasteiger partial charge < -0.3 is 0 Å². The van der Waals surface area contributed by atoms with Crippen LogP contribution in [0.25, 0.3) is 0 Å². The highest BCUT2D eigenvalue weighted by molar-refractivity contribution is 7.09. The molecule has 0 bridgehead atoms. The molecule has 0 spiro atoms. The molecule has 12 heavy (non-hydrogen) atoms. The lowest BCUT2D eigenvalue weighted by atomic mass is 10.0. The second kappa shape index (κ2) is 4.88. The Labute approximate surface area is 83.6 Å². The van der Waals surface area contributed by atoms with Crippen LogP contribution in [-0.4, -0.2) is 5.38 Å². The third-order valence-corrected chi connectivity index (χ3v) is 3.72. The van der Waals surface area contributed by atoms with Crippen molar-refractivity contribution in [1.29, 1.82) is 0 Å². The number of hydrogen-bond acceptors (Lipinski definition) is 1. The minimum absolute atomic E-state index is 0.300. The summed E-state index contributed by atoms with van der Waals surface area (Å²) in [6.45, 7) is 4.40.